The number of rotatable bonds is 4. The largest absolute Gasteiger partial charge is 0.391 e. The maximum atomic E-state index is 12.4. The SMILES string of the molecule is CC(C)(C)C1CC(C(=O)NC2CC(CN)(c3ccccc3)C2)=NO1. The van der Waals surface area contributed by atoms with E-state index >= 15 is 0 Å². The van der Waals surface area contributed by atoms with E-state index in [-0.39, 0.29) is 28.9 Å². The molecule has 0 saturated heterocycles. The van der Waals surface area contributed by atoms with Gasteiger partial charge in [0.1, 0.15) is 11.8 Å². The van der Waals surface area contributed by atoms with E-state index in [4.69, 9.17) is 10.6 Å². The van der Waals surface area contributed by atoms with Crippen molar-refractivity contribution in [1.82, 2.24) is 5.32 Å². The zero-order chi connectivity index (χ0) is 17.4. The first-order valence-electron chi connectivity index (χ1n) is 8.63. The van der Waals surface area contributed by atoms with E-state index in [1.807, 2.05) is 18.2 Å². The van der Waals surface area contributed by atoms with Crippen LogP contribution in [0.5, 0.6) is 0 Å². The molecule has 2 aliphatic rings. The Morgan fingerprint density at radius 1 is 1.33 bits per heavy atom. The van der Waals surface area contributed by atoms with E-state index in [1.54, 1.807) is 0 Å². The Morgan fingerprint density at radius 3 is 2.54 bits per heavy atom. The zero-order valence-electron chi connectivity index (χ0n) is 14.7. The Bertz CT molecular complexity index is 628. The molecule has 0 spiro atoms. The van der Waals surface area contributed by atoms with Crippen molar-refractivity contribution < 1.29 is 9.63 Å². The van der Waals surface area contributed by atoms with Gasteiger partial charge in [-0.2, -0.15) is 0 Å². The van der Waals surface area contributed by atoms with Gasteiger partial charge in [-0.3, -0.25) is 4.79 Å². The van der Waals surface area contributed by atoms with Crippen molar-refractivity contribution in [3.8, 4) is 0 Å². The van der Waals surface area contributed by atoms with E-state index in [2.05, 4.69) is 43.4 Å². The molecule has 1 aliphatic carbocycles. The Balaban J connectivity index is 1.55. The molecule has 1 aromatic rings. The topological polar surface area (TPSA) is 76.7 Å². The van der Waals surface area contributed by atoms with E-state index in [0.29, 0.717) is 18.7 Å². The number of nitrogens with zero attached hydrogens (tertiary/aromatic N) is 1. The van der Waals surface area contributed by atoms with Crippen molar-refractivity contribution in [3.05, 3.63) is 35.9 Å². The first-order chi connectivity index (χ1) is 11.3. The van der Waals surface area contributed by atoms with Crippen LogP contribution < -0.4 is 11.1 Å². The average Bonchev–Trinajstić information content (AvgIpc) is 3.01. The number of benzene rings is 1. The monoisotopic (exact) mass is 329 g/mol. The molecule has 3 rings (SSSR count). The molecule has 0 aromatic heterocycles. The van der Waals surface area contributed by atoms with Crippen LogP contribution in [-0.4, -0.2) is 30.3 Å². The lowest BCUT2D eigenvalue weighted by molar-refractivity contribution is -0.116. The zero-order valence-corrected chi connectivity index (χ0v) is 14.7. The van der Waals surface area contributed by atoms with Crippen LogP contribution >= 0.6 is 0 Å². The minimum Gasteiger partial charge on any atom is -0.391 e. The third-order valence-electron chi connectivity index (χ3n) is 5.28. The standard InChI is InChI=1S/C19H27N3O2/c1-18(2,3)16-9-15(22-24-16)17(23)21-14-10-19(11-14,12-20)13-7-5-4-6-8-13/h4-8,14,16H,9-12,20H2,1-3H3,(H,21,23). The second kappa shape index (κ2) is 6.20. The smallest absolute Gasteiger partial charge is 0.269 e. The summed E-state index contributed by atoms with van der Waals surface area (Å²) in [5.74, 6) is -0.106. The molecule has 1 fully saturated rings. The molecule has 0 radical (unpaired) electrons. The van der Waals surface area contributed by atoms with Crippen LogP contribution in [0.4, 0.5) is 0 Å². The molecule has 130 valence electrons. The summed E-state index contributed by atoms with van der Waals surface area (Å²) in [5, 5.41) is 7.07. The van der Waals surface area contributed by atoms with E-state index in [1.165, 1.54) is 5.56 Å². The number of hydrogen-bond donors (Lipinski definition) is 2. The van der Waals surface area contributed by atoms with Crippen molar-refractivity contribution in [1.29, 1.82) is 0 Å². The maximum Gasteiger partial charge on any atom is 0.269 e. The van der Waals surface area contributed by atoms with Crippen LogP contribution in [0.3, 0.4) is 0 Å². The molecule has 1 amide bonds. The van der Waals surface area contributed by atoms with E-state index in [9.17, 15) is 4.79 Å². The third-order valence-corrected chi connectivity index (χ3v) is 5.28. The summed E-state index contributed by atoms with van der Waals surface area (Å²) in [6, 6.07) is 10.5. The number of oxime groups is 1. The Morgan fingerprint density at radius 2 is 2.00 bits per heavy atom. The predicted octanol–water partition coefficient (Wildman–Crippen LogP) is 2.35. The van der Waals surface area contributed by atoms with Crippen LogP contribution in [0, 0.1) is 5.41 Å². The van der Waals surface area contributed by atoms with Gasteiger partial charge in [0.15, 0.2) is 0 Å². The van der Waals surface area contributed by atoms with Crippen molar-refractivity contribution in [3.63, 3.8) is 0 Å². The Labute approximate surface area is 143 Å². The lowest BCUT2D eigenvalue weighted by atomic mass is 9.61. The molecule has 3 N–H and O–H groups in total. The van der Waals surface area contributed by atoms with Crippen LogP contribution in [0.25, 0.3) is 0 Å². The predicted molar refractivity (Wildman–Crippen MR) is 94.7 cm³/mol. The summed E-state index contributed by atoms with van der Waals surface area (Å²) >= 11 is 0. The van der Waals surface area contributed by atoms with Crippen molar-refractivity contribution in [2.75, 3.05) is 6.54 Å². The van der Waals surface area contributed by atoms with Crippen molar-refractivity contribution in [2.24, 2.45) is 16.3 Å². The Hall–Kier alpha value is -1.88. The summed E-state index contributed by atoms with van der Waals surface area (Å²) in [4.78, 5) is 17.8. The minimum absolute atomic E-state index is 0.0128. The summed E-state index contributed by atoms with van der Waals surface area (Å²) in [5.41, 5.74) is 7.75. The van der Waals surface area contributed by atoms with Gasteiger partial charge in [-0.05, 0) is 18.4 Å². The number of nitrogens with two attached hydrogens (primary N) is 1. The minimum atomic E-state index is -0.106. The van der Waals surface area contributed by atoms with Gasteiger partial charge in [-0.25, -0.2) is 0 Å². The number of nitrogens with one attached hydrogen (secondary N) is 1. The molecule has 1 heterocycles. The fraction of sp³-hybridized carbons (Fsp3) is 0.579. The first kappa shape index (κ1) is 17.0. The average molecular weight is 329 g/mol. The number of carbonyl (C=O) groups is 1. The molecule has 1 unspecified atom stereocenters. The van der Waals surface area contributed by atoms with Crippen LogP contribution in [0.1, 0.15) is 45.6 Å². The highest BCUT2D eigenvalue weighted by Gasteiger charge is 2.45. The van der Waals surface area contributed by atoms with Gasteiger partial charge in [-0.15, -0.1) is 0 Å². The van der Waals surface area contributed by atoms with E-state index < -0.39 is 0 Å². The summed E-state index contributed by atoms with van der Waals surface area (Å²) in [7, 11) is 0. The number of hydrogen-bond acceptors (Lipinski definition) is 4. The van der Waals surface area contributed by atoms with Crippen molar-refractivity contribution in [2.45, 2.75) is 57.6 Å². The molecule has 24 heavy (non-hydrogen) atoms. The molecule has 5 nitrogen and oxygen atoms in total. The van der Waals surface area contributed by atoms with Gasteiger partial charge >= 0.3 is 0 Å². The van der Waals surface area contributed by atoms with Gasteiger partial charge in [0, 0.05) is 29.8 Å². The number of amides is 1. The van der Waals surface area contributed by atoms with Crippen LogP contribution in [0.15, 0.2) is 35.5 Å². The van der Waals surface area contributed by atoms with Crippen molar-refractivity contribution >= 4 is 11.6 Å². The second-order valence-electron chi connectivity index (χ2n) is 8.13. The second-order valence-corrected chi connectivity index (χ2v) is 8.13. The van der Waals surface area contributed by atoms with Gasteiger partial charge in [0.2, 0.25) is 0 Å². The molecular formula is C19H27N3O2. The molecule has 1 atom stereocenters. The maximum absolute atomic E-state index is 12.4. The fourth-order valence-corrected chi connectivity index (χ4v) is 3.54. The highest BCUT2D eigenvalue weighted by molar-refractivity contribution is 6.39. The van der Waals surface area contributed by atoms with Gasteiger partial charge in [0.25, 0.3) is 5.91 Å². The highest BCUT2D eigenvalue weighted by atomic mass is 16.6. The molecular weight excluding hydrogens is 302 g/mol. The Kier molecular flexibility index (Phi) is 4.38. The molecule has 0 bridgehead atoms. The van der Waals surface area contributed by atoms with Gasteiger partial charge in [-0.1, -0.05) is 56.3 Å². The van der Waals surface area contributed by atoms with Gasteiger partial charge in [0.05, 0.1) is 0 Å². The summed E-state index contributed by atoms with van der Waals surface area (Å²) in [6.45, 7) is 6.87. The number of carbonyl (C=O) groups excluding carboxylic acids is 1. The molecule has 1 aromatic carbocycles. The summed E-state index contributed by atoms with van der Waals surface area (Å²) < 4.78 is 0. The summed E-state index contributed by atoms with van der Waals surface area (Å²) in [6.07, 6.45) is 2.28. The van der Waals surface area contributed by atoms with Gasteiger partial charge < -0.3 is 15.9 Å². The lowest BCUT2D eigenvalue weighted by Crippen LogP contribution is -2.57. The molecule has 1 aliphatic heterocycles. The van der Waals surface area contributed by atoms with Crippen LogP contribution in [0.2, 0.25) is 0 Å². The fourth-order valence-electron chi connectivity index (χ4n) is 3.54. The quantitative estimate of drug-likeness (QED) is 0.890. The lowest BCUT2D eigenvalue weighted by Gasteiger charge is -2.47. The highest BCUT2D eigenvalue weighted by Crippen LogP contribution is 2.43. The van der Waals surface area contributed by atoms with E-state index in [0.717, 1.165) is 12.8 Å². The third kappa shape index (κ3) is 3.18. The normalized spacial score (nSPS) is 29.4. The molecule has 5 heteroatoms. The van der Waals surface area contributed by atoms with Crippen LogP contribution in [-0.2, 0) is 15.0 Å². The first-order valence-corrected chi connectivity index (χ1v) is 8.63. The molecule has 1 saturated carbocycles.